The third kappa shape index (κ3) is 6.50. The first-order valence-electron chi connectivity index (χ1n) is 9.73. The maximum absolute atomic E-state index is 13.6. The molecule has 1 unspecified atom stereocenters. The number of sulfone groups is 1. The van der Waals surface area contributed by atoms with Crippen LogP contribution in [0.4, 0.5) is 36.8 Å². The molecule has 0 saturated heterocycles. The molecule has 3 rings (SSSR count). The van der Waals surface area contributed by atoms with E-state index in [9.17, 15) is 39.6 Å². The summed E-state index contributed by atoms with van der Waals surface area (Å²) in [5, 5.41) is 4.60. The Morgan fingerprint density at radius 2 is 1.57 bits per heavy atom. The number of halogens is 6. The molecular weight excluding hydrogens is 500 g/mol. The van der Waals surface area contributed by atoms with Crippen LogP contribution in [-0.4, -0.2) is 25.7 Å². The number of amides is 2. The average molecular weight is 517 g/mol. The lowest BCUT2D eigenvalue weighted by molar-refractivity contribution is -0.139. The van der Waals surface area contributed by atoms with Crippen molar-refractivity contribution >= 4 is 21.6 Å². The SMILES string of the molecule is CS(=O)(=O)c1cccc(NC(=O)NC(c2ccc(C(F)(F)F)cc2)c2ncccc2C(F)(F)F)c1. The highest BCUT2D eigenvalue weighted by Gasteiger charge is 2.37. The van der Waals surface area contributed by atoms with Gasteiger partial charge in [0.15, 0.2) is 9.84 Å². The number of benzene rings is 2. The number of urea groups is 1. The van der Waals surface area contributed by atoms with E-state index in [2.05, 4.69) is 15.6 Å². The van der Waals surface area contributed by atoms with E-state index in [1.807, 2.05) is 0 Å². The summed E-state index contributed by atoms with van der Waals surface area (Å²) in [6, 6.07) is 7.48. The fourth-order valence-corrected chi connectivity index (χ4v) is 3.83. The molecule has 0 bridgehead atoms. The molecule has 2 N–H and O–H groups in total. The van der Waals surface area contributed by atoms with Crippen LogP contribution in [0.5, 0.6) is 0 Å². The molecule has 0 aliphatic heterocycles. The van der Waals surface area contributed by atoms with Crippen LogP contribution in [0.1, 0.15) is 28.4 Å². The molecule has 35 heavy (non-hydrogen) atoms. The van der Waals surface area contributed by atoms with Gasteiger partial charge in [0.25, 0.3) is 0 Å². The predicted molar refractivity (Wildman–Crippen MR) is 114 cm³/mol. The van der Waals surface area contributed by atoms with Crippen LogP contribution in [0.2, 0.25) is 0 Å². The minimum absolute atomic E-state index is 0.0219. The second-order valence-corrected chi connectivity index (χ2v) is 9.40. The summed E-state index contributed by atoms with van der Waals surface area (Å²) >= 11 is 0. The second kappa shape index (κ2) is 9.56. The van der Waals surface area contributed by atoms with E-state index < -0.39 is 51.1 Å². The van der Waals surface area contributed by atoms with Crippen molar-refractivity contribution in [1.82, 2.24) is 10.3 Å². The van der Waals surface area contributed by atoms with E-state index in [1.165, 1.54) is 18.2 Å². The van der Waals surface area contributed by atoms with Gasteiger partial charge in [0, 0.05) is 18.1 Å². The quantitative estimate of drug-likeness (QED) is 0.442. The third-order valence-electron chi connectivity index (χ3n) is 4.78. The molecule has 0 radical (unpaired) electrons. The predicted octanol–water partition coefficient (Wildman–Crippen LogP) is 5.43. The minimum Gasteiger partial charge on any atom is -0.325 e. The number of alkyl halides is 6. The Morgan fingerprint density at radius 3 is 2.14 bits per heavy atom. The monoisotopic (exact) mass is 517 g/mol. The second-order valence-electron chi connectivity index (χ2n) is 7.39. The van der Waals surface area contributed by atoms with Crippen molar-refractivity contribution in [3.63, 3.8) is 0 Å². The van der Waals surface area contributed by atoms with E-state index in [0.29, 0.717) is 12.1 Å². The summed E-state index contributed by atoms with van der Waals surface area (Å²) in [4.78, 5) is 16.3. The van der Waals surface area contributed by atoms with Gasteiger partial charge in [-0.15, -0.1) is 0 Å². The van der Waals surface area contributed by atoms with E-state index in [1.54, 1.807) is 0 Å². The smallest absolute Gasteiger partial charge is 0.325 e. The number of anilines is 1. The maximum atomic E-state index is 13.6. The summed E-state index contributed by atoms with van der Waals surface area (Å²) in [6.07, 6.45) is -7.54. The van der Waals surface area contributed by atoms with Crippen LogP contribution in [0.25, 0.3) is 0 Å². The van der Waals surface area contributed by atoms with Crippen molar-refractivity contribution < 1.29 is 39.6 Å². The largest absolute Gasteiger partial charge is 0.418 e. The van der Waals surface area contributed by atoms with Gasteiger partial charge in [0.1, 0.15) is 0 Å². The Morgan fingerprint density at radius 1 is 0.914 bits per heavy atom. The molecule has 0 aliphatic carbocycles. The van der Waals surface area contributed by atoms with Gasteiger partial charge in [-0.2, -0.15) is 26.3 Å². The molecule has 13 heteroatoms. The first kappa shape index (κ1) is 26.0. The van der Waals surface area contributed by atoms with Crippen LogP contribution < -0.4 is 10.6 Å². The van der Waals surface area contributed by atoms with Crippen LogP contribution >= 0.6 is 0 Å². The lowest BCUT2D eigenvalue weighted by Gasteiger charge is -2.23. The fourth-order valence-electron chi connectivity index (χ4n) is 3.16. The highest BCUT2D eigenvalue weighted by Crippen LogP contribution is 2.36. The van der Waals surface area contributed by atoms with Crippen LogP contribution in [0.15, 0.2) is 71.8 Å². The van der Waals surface area contributed by atoms with Crippen LogP contribution in [-0.2, 0) is 22.2 Å². The molecule has 2 amide bonds. The molecule has 6 nitrogen and oxygen atoms in total. The lowest BCUT2D eigenvalue weighted by atomic mass is 9.98. The molecule has 2 aromatic carbocycles. The van der Waals surface area contributed by atoms with E-state index in [0.717, 1.165) is 42.8 Å². The first-order chi connectivity index (χ1) is 16.2. The number of aromatic nitrogens is 1. The van der Waals surface area contributed by atoms with Crippen molar-refractivity contribution in [3.05, 3.63) is 89.2 Å². The summed E-state index contributed by atoms with van der Waals surface area (Å²) < 4.78 is 103. The Bertz CT molecular complexity index is 1320. The molecule has 0 aliphatic rings. The Labute approximate surface area is 195 Å². The number of rotatable bonds is 5. The van der Waals surface area contributed by atoms with Crippen molar-refractivity contribution in [2.75, 3.05) is 11.6 Å². The summed E-state index contributed by atoms with van der Waals surface area (Å²) in [7, 11) is -3.61. The number of pyridine rings is 1. The molecule has 0 fully saturated rings. The van der Waals surface area contributed by atoms with Crippen molar-refractivity contribution in [2.24, 2.45) is 0 Å². The normalized spacial score (nSPS) is 13.2. The zero-order valence-electron chi connectivity index (χ0n) is 17.8. The molecule has 1 heterocycles. The van der Waals surface area contributed by atoms with Crippen molar-refractivity contribution in [2.45, 2.75) is 23.3 Å². The molecule has 1 atom stereocenters. The third-order valence-corrected chi connectivity index (χ3v) is 5.89. The fraction of sp³-hybridized carbons (Fsp3) is 0.182. The van der Waals surface area contributed by atoms with Crippen LogP contribution in [0, 0.1) is 0 Å². The molecule has 3 aromatic rings. The molecular formula is C22H17F6N3O3S. The topological polar surface area (TPSA) is 88.2 Å². The summed E-state index contributed by atoms with van der Waals surface area (Å²) in [6.45, 7) is 0. The van der Waals surface area contributed by atoms with Crippen molar-refractivity contribution in [3.8, 4) is 0 Å². The van der Waals surface area contributed by atoms with Gasteiger partial charge >= 0.3 is 18.4 Å². The standard InChI is InChI=1S/C22H17F6N3O3S/c1-35(33,34)16-5-2-4-15(12-16)30-20(32)31-18(13-7-9-14(10-8-13)21(23,24)25)19-17(22(26,27)28)6-3-11-29-19/h2-12,18H,1H3,(H2,30,31,32). The van der Waals surface area contributed by atoms with Gasteiger partial charge < -0.3 is 10.6 Å². The van der Waals surface area contributed by atoms with Gasteiger partial charge in [0.2, 0.25) is 0 Å². The highest BCUT2D eigenvalue weighted by molar-refractivity contribution is 7.90. The minimum atomic E-state index is -4.87. The average Bonchev–Trinajstić information content (AvgIpc) is 2.76. The number of carbonyl (C=O) groups is 1. The Hall–Kier alpha value is -3.61. The number of hydrogen-bond donors (Lipinski definition) is 2. The first-order valence-corrected chi connectivity index (χ1v) is 11.6. The number of hydrogen-bond acceptors (Lipinski definition) is 4. The van der Waals surface area contributed by atoms with Gasteiger partial charge in [-0.1, -0.05) is 18.2 Å². The number of nitrogens with one attached hydrogen (secondary N) is 2. The molecule has 0 spiro atoms. The summed E-state index contributed by atoms with van der Waals surface area (Å²) in [5.74, 6) is 0. The maximum Gasteiger partial charge on any atom is 0.418 e. The zero-order chi connectivity index (χ0) is 26.0. The van der Waals surface area contributed by atoms with Crippen LogP contribution in [0.3, 0.4) is 0 Å². The summed E-state index contributed by atoms with van der Waals surface area (Å²) in [5.41, 5.74) is -2.93. The lowest BCUT2D eigenvalue weighted by Crippen LogP contribution is -2.35. The van der Waals surface area contributed by atoms with E-state index >= 15 is 0 Å². The van der Waals surface area contributed by atoms with Crippen molar-refractivity contribution in [1.29, 1.82) is 0 Å². The number of carbonyl (C=O) groups excluding carboxylic acids is 1. The van der Waals surface area contributed by atoms with E-state index in [4.69, 9.17) is 0 Å². The number of nitrogens with zero attached hydrogens (tertiary/aromatic N) is 1. The zero-order valence-corrected chi connectivity index (χ0v) is 18.6. The molecule has 186 valence electrons. The molecule has 0 saturated carbocycles. The van der Waals surface area contributed by atoms with Gasteiger partial charge in [0.05, 0.1) is 27.8 Å². The van der Waals surface area contributed by atoms with Gasteiger partial charge in [-0.3, -0.25) is 4.98 Å². The highest BCUT2D eigenvalue weighted by atomic mass is 32.2. The van der Waals surface area contributed by atoms with Gasteiger partial charge in [-0.25, -0.2) is 13.2 Å². The van der Waals surface area contributed by atoms with Gasteiger partial charge in [-0.05, 0) is 48.0 Å². The van der Waals surface area contributed by atoms with E-state index in [-0.39, 0.29) is 16.1 Å². The molecule has 1 aromatic heterocycles. The Kier molecular flexibility index (Phi) is 7.11. The Balaban J connectivity index is 1.99.